The normalized spacial score (nSPS) is 18.2. The van der Waals surface area contributed by atoms with Crippen LogP contribution in [0.1, 0.15) is 34.5 Å². The first-order valence-electron chi connectivity index (χ1n) is 8.90. The molecule has 4 rings (SSSR count). The Labute approximate surface area is 162 Å². The molecule has 0 saturated carbocycles. The second-order valence-corrected chi connectivity index (χ2v) is 7.30. The highest BCUT2D eigenvalue weighted by molar-refractivity contribution is 6.31. The van der Waals surface area contributed by atoms with E-state index in [1.807, 2.05) is 4.90 Å². The van der Waals surface area contributed by atoms with Gasteiger partial charge in [-0.15, -0.1) is 0 Å². The van der Waals surface area contributed by atoms with Crippen molar-refractivity contribution >= 4 is 23.5 Å². The molecule has 1 saturated heterocycles. The number of hydrogen-bond acceptors (Lipinski definition) is 6. The molecule has 2 aromatic rings. The third-order valence-electron chi connectivity index (χ3n) is 5.28. The van der Waals surface area contributed by atoms with Crippen molar-refractivity contribution in [1.29, 1.82) is 0 Å². The van der Waals surface area contributed by atoms with Crippen LogP contribution in [0.5, 0.6) is 5.75 Å². The van der Waals surface area contributed by atoms with Crippen LogP contribution in [0.4, 0.5) is 5.95 Å². The van der Waals surface area contributed by atoms with Gasteiger partial charge in [-0.2, -0.15) is 0 Å². The summed E-state index contributed by atoms with van der Waals surface area (Å²) in [6.45, 7) is 1.76. The Balaban J connectivity index is 1.54. The molecule has 1 spiro atoms. The van der Waals surface area contributed by atoms with Crippen molar-refractivity contribution in [2.45, 2.75) is 24.9 Å². The number of nitrogens with zero attached hydrogens (tertiary/aromatic N) is 3. The molecule has 8 heteroatoms. The van der Waals surface area contributed by atoms with Gasteiger partial charge >= 0.3 is 0 Å². The number of halogens is 1. The molecule has 2 N–H and O–H groups in total. The minimum absolute atomic E-state index is 0.0658. The molecular weight excluding hydrogens is 368 g/mol. The Morgan fingerprint density at radius 3 is 2.85 bits per heavy atom. The largest absolute Gasteiger partial charge is 0.497 e. The van der Waals surface area contributed by atoms with Gasteiger partial charge in [0.1, 0.15) is 11.4 Å². The molecule has 1 aromatic carbocycles. The predicted molar refractivity (Wildman–Crippen MR) is 101 cm³/mol. The smallest absolute Gasteiger partial charge is 0.254 e. The van der Waals surface area contributed by atoms with Gasteiger partial charge in [-0.3, -0.25) is 4.79 Å². The number of rotatable bonds is 2. The standard InChI is InChI=1S/C19H21ClN4O3/c1-26-15-9-13(8-14(20)10-15)17(25)24-5-3-19(4-6-24)16-12(2-7-27-19)11-22-18(21)23-16/h8-11H,2-7H2,1H3,(H2,21,22,23). The maximum Gasteiger partial charge on any atom is 0.254 e. The fourth-order valence-electron chi connectivity index (χ4n) is 3.86. The number of aromatic nitrogens is 2. The minimum Gasteiger partial charge on any atom is -0.497 e. The number of amides is 1. The first-order valence-corrected chi connectivity index (χ1v) is 9.28. The van der Waals surface area contributed by atoms with Crippen LogP contribution in [0.15, 0.2) is 24.4 Å². The number of likely N-dealkylation sites (tertiary alicyclic amines) is 1. The minimum atomic E-state index is -0.493. The predicted octanol–water partition coefficient (Wildman–Crippen LogP) is 2.42. The first kappa shape index (κ1) is 18.0. The summed E-state index contributed by atoms with van der Waals surface area (Å²) in [5.74, 6) is 0.753. The van der Waals surface area contributed by atoms with E-state index in [-0.39, 0.29) is 11.9 Å². The van der Waals surface area contributed by atoms with Gasteiger partial charge in [-0.05, 0) is 43.0 Å². The molecule has 142 valence electrons. The third kappa shape index (κ3) is 3.33. The number of hydrogen-bond donors (Lipinski definition) is 1. The van der Waals surface area contributed by atoms with Crippen LogP contribution in [0.2, 0.25) is 5.02 Å². The second kappa shape index (κ2) is 6.98. The highest BCUT2D eigenvalue weighted by Crippen LogP contribution is 2.40. The molecule has 1 aromatic heterocycles. The number of piperidine rings is 1. The molecule has 1 fully saturated rings. The molecule has 3 heterocycles. The van der Waals surface area contributed by atoms with E-state index in [2.05, 4.69) is 9.97 Å². The molecule has 0 radical (unpaired) electrons. The van der Waals surface area contributed by atoms with Crippen LogP contribution >= 0.6 is 11.6 Å². The number of carbonyl (C=O) groups excluding carboxylic acids is 1. The first-order chi connectivity index (χ1) is 13.0. The zero-order chi connectivity index (χ0) is 19.0. The lowest BCUT2D eigenvalue weighted by molar-refractivity contribution is -0.0966. The van der Waals surface area contributed by atoms with Crippen molar-refractivity contribution in [1.82, 2.24) is 14.9 Å². The van der Waals surface area contributed by atoms with E-state index in [1.54, 1.807) is 31.5 Å². The summed E-state index contributed by atoms with van der Waals surface area (Å²) in [7, 11) is 1.55. The van der Waals surface area contributed by atoms with E-state index in [4.69, 9.17) is 26.8 Å². The van der Waals surface area contributed by atoms with Crippen molar-refractivity contribution in [2.75, 3.05) is 32.5 Å². The van der Waals surface area contributed by atoms with Crippen molar-refractivity contribution in [3.63, 3.8) is 0 Å². The number of fused-ring (bicyclic) bond motifs is 2. The fourth-order valence-corrected chi connectivity index (χ4v) is 4.09. The number of benzene rings is 1. The lowest BCUT2D eigenvalue weighted by Gasteiger charge is -2.44. The summed E-state index contributed by atoms with van der Waals surface area (Å²) in [5.41, 5.74) is 7.78. The molecular formula is C19H21ClN4O3. The van der Waals surface area contributed by atoms with Crippen molar-refractivity contribution < 1.29 is 14.3 Å². The summed E-state index contributed by atoms with van der Waals surface area (Å²) in [4.78, 5) is 23.3. The summed E-state index contributed by atoms with van der Waals surface area (Å²) < 4.78 is 11.4. The molecule has 2 aliphatic rings. The molecule has 0 atom stereocenters. The molecule has 2 aliphatic heterocycles. The van der Waals surface area contributed by atoms with Gasteiger partial charge in [-0.25, -0.2) is 9.97 Å². The maximum atomic E-state index is 12.9. The van der Waals surface area contributed by atoms with Gasteiger partial charge in [0, 0.05) is 29.9 Å². The molecule has 0 aliphatic carbocycles. The van der Waals surface area contributed by atoms with Gasteiger partial charge in [0.25, 0.3) is 5.91 Å². The summed E-state index contributed by atoms with van der Waals surface area (Å²) in [5, 5.41) is 0.475. The average molecular weight is 389 g/mol. The van der Waals surface area contributed by atoms with Gasteiger partial charge in [-0.1, -0.05) is 11.6 Å². The van der Waals surface area contributed by atoms with Gasteiger partial charge < -0.3 is 20.1 Å². The zero-order valence-corrected chi connectivity index (χ0v) is 15.8. The van der Waals surface area contributed by atoms with Crippen LogP contribution in [0.3, 0.4) is 0 Å². The van der Waals surface area contributed by atoms with Crippen LogP contribution in [-0.4, -0.2) is 47.6 Å². The Morgan fingerprint density at radius 1 is 1.33 bits per heavy atom. The van der Waals surface area contributed by atoms with Crippen molar-refractivity contribution in [3.8, 4) is 5.75 Å². The summed E-state index contributed by atoms with van der Waals surface area (Å²) in [6, 6.07) is 5.05. The lowest BCUT2D eigenvalue weighted by atomic mass is 9.83. The highest BCUT2D eigenvalue weighted by atomic mass is 35.5. The Hall–Kier alpha value is -2.38. The van der Waals surface area contributed by atoms with Crippen LogP contribution in [0.25, 0.3) is 0 Å². The summed E-state index contributed by atoms with van der Waals surface area (Å²) in [6.07, 6.45) is 3.90. The van der Waals surface area contributed by atoms with E-state index in [1.165, 1.54) is 0 Å². The van der Waals surface area contributed by atoms with E-state index in [0.717, 1.165) is 17.7 Å². The Morgan fingerprint density at radius 2 is 2.11 bits per heavy atom. The molecule has 7 nitrogen and oxygen atoms in total. The zero-order valence-electron chi connectivity index (χ0n) is 15.1. The SMILES string of the molecule is COc1cc(Cl)cc(C(=O)N2CCC3(CC2)OCCc2cnc(N)nc23)c1. The molecule has 27 heavy (non-hydrogen) atoms. The highest BCUT2D eigenvalue weighted by Gasteiger charge is 2.43. The Kier molecular flexibility index (Phi) is 4.65. The van der Waals surface area contributed by atoms with E-state index in [9.17, 15) is 4.79 Å². The quantitative estimate of drug-likeness (QED) is 0.849. The number of anilines is 1. The monoisotopic (exact) mass is 388 g/mol. The van der Waals surface area contributed by atoms with E-state index < -0.39 is 5.60 Å². The van der Waals surface area contributed by atoms with Crippen LogP contribution in [-0.2, 0) is 16.8 Å². The van der Waals surface area contributed by atoms with Gasteiger partial charge in [0.05, 0.1) is 19.4 Å². The van der Waals surface area contributed by atoms with Crippen molar-refractivity contribution in [3.05, 3.63) is 46.2 Å². The van der Waals surface area contributed by atoms with E-state index >= 15 is 0 Å². The summed E-state index contributed by atoms with van der Waals surface area (Å²) >= 11 is 6.10. The van der Waals surface area contributed by atoms with Crippen molar-refractivity contribution in [2.24, 2.45) is 0 Å². The molecule has 1 amide bonds. The molecule has 0 unspecified atom stereocenters. The molecule has 0 bridgehead atoms. The average Bonchev–Trinajstić information content (AvgIpc) is 2.68. The topological polar surface area (TPSA) is 90.6 Å². The Bertz CT molecular complexity index is 881. The second-order valence-electron chi connectivity index (χ2n) is 6.87. The van der Waals surface area contributed by atoms with E-state index in [0.29, 0.717) is 48.9 Å². The van der Waals surface area contributed by atoms with Gasteiger partial charge in [0.15, 0.2) is 0 Å². The van der Waals surface area contributed by atoms with Crippen LogP contribution < -0.4 is 10.5 Å². The third-order valence-corrected chi connectivity index (χ3v) is 5.49. The lowest BCUT2D eigenvalue weighted by Crippen LogP contribution is -2.49. The number of carbonyl (C=O) groups is 1. The number of ether oxygens (including phenoxy) is 2. The maximum absolute atomic E-state index is 12.9. The number of methoxy groups -OCH3 is 1. The van der Waals surface area contributed by atoms with Gasteiger partial charge in [0.2, 0.25) is 5.95 Å². The van der Waals surface area contributed by atoms with Crippen LogP contribution in [0, 0.1) is 0 Å². The fraction of sp³-hybridized carbons (Fsp3) is 0.421. The number of nitrogens with two attached hydrogens (primary N) is 1. The number of nitrogen functional groups attached to an aromatic ring is 1.